The highest BCUT2D eigenvalue weighted by Gasteiger charge is 2.20. The normalized spacial score (nSPS) is 12.9. The standard InChI is InChI=1S/C20H23ClN2O3/c1-14(25)22-19(16-7-9-17(21)10-8-16)13-20(26)23-18(11-12-24)15-5-3-2-4-6-15/h2-10,18-19,24H,11-13H2,1H3,(H,22,25)(H,23,26)/t18-,19+/m1/s1. The Morgan fingerprint density at radius 3 is 2.15 bits per heavy atom. The number of hydrogen-bond acceptors (Lipinski definition) is 3. The Morgan fingerprint density at radius 2 is 1.58 bits per heavy atom. The Kier molecular flexibility index (Phi) is 7.63. The molecule has 6 heteroatoms. The van der Waals surface area contributed by atoms with Gasteiger partial charge in [0.15, 0.2) is 0 Å². The molecule has 2 amide bonds. The lowest BCUT2D eigenvalue weighted by molar-refractivity contribution is -0.123. The third-order valence-corrected chi connectivity index (χ3v) is 4.25. The number of hydrogen-bond donors (Lipinski definition) is 3. The van der Waals surface area contributed by atoms with Gasteiger partial charge in [0.1, 0.15) is 0 Å². The highest BCUT2D eigenvalue weighted by molar-refractivity contribution is 6.30. The van der Waals surface area contributed by atoms with Gasteiger partial charge in [-0.2, -0.15) is 0 Å². The fraction of sp³-hybridized carbons (Fsp3) is 0.300. The average molecular weight is 375 g/mol. The first kappa shape index (κ1) is 19.9. The van der Waals surface area contributed by atoms with Gasteiger partial charge in [0.05, 0.1) is 18.5 Å². The zero-order valence-electron chi connectivity index (χ0n) is 14.6. The lowest BCUT2D eigenvalue weighted by Gasteiger charge is -2.22. The summed E-state index contributed by atoms with van der Waals surface area (Å²) in [4.78, 5) is 24.1. The number of aliphatic hydroxyl groups is 1. The zero-order valence-corrected chi connectivity index (χ0v) is 15.4. The van der Waals surface area contributed by atoms with Crippen LogP contribution in [0.3, 0.4) is 0 Å². The van der Waals surface area contributed by atoms with E-state index < -0.39 is 6.04 Å². The van der Waals surface area contributed by atoms with Gasteiger partial charge in [-0.05, 0) is 29.7 Å². The van der Waals surface area contributed by atoms with Crippen LogP contribution in [0.25, 0.3) is 0 Å². The Hall–Kier alpha value is -2.37. The molecule has 2 rings (SSSR count). The fourth-order valence-corrected chi connectivity index (χ4v) is 2.89. The SMILES string of the molecule is CC(=O)N[C@@H](CC(=O)N[C@H](CCO)c1ccccc1)c1ccc(Cl)cc1. The lowest BCUT2D eigenvalue weighted by atomic mass is 10.0. The molecule has 0 aliphatic heterocycles. The minimum atomic E-state index is -0.449. The topological polar surface area (TPSA) is 78.4 Å². The molecule has 138 valence electrons. The summed E-state index contributed by atoms with van der Waals surface area (Å²) in [5.41, 5.74) is 1.73. The Labute approximate surface area is 158 Å². The van der Waals surface area contributed by atoms with Crippen molar-refractivity contribution in [3.8, 4) is 0 Å². The minimum absolute atomic E-state index is 0.0356. The van der Waals surface area contributed by atoms with Crippen LogP contribution in [0.5, 0.6) is 0 Å². The van der Waals surface area contributed by atoms with Crippen molar-refractivity contribution in [2.75, 3.05) is 6.61 Å². The van der Waals surface area contributed by atoms with Gasteiger partial charge in [0.25, 0.3) is 0 Å². The minimum Gasteiger partial charge on any atom is -0.396 e. The number of halogens is 1. The van der Waals surface area contributed by atoms with E-state index in [1.807, 2.05) is 30.3 Å². The van der Waals surface area contributed by atoms with E-state index in [0.29, 0.717) is 11.4 Å². The van der Waals surface area contributed by atoms with Crippen molar-refractivity contribution >= 4 is 23.4 Å². The van der Waals surface area contributed by atoms with Gasteiger partial charge < -0.3 is 15.7 Å². The molecule has 2 atom stereocenters. The molecule has 0 aliphatic rings. The van der Waals surface area contributed by atoms with E-state index in [1.165, 1.54) is 6.92 Å². The monoisotopic (exact) mass is 374 g/mol. The molecule has 26 heavy (non-hydrogen) atoms. The molecular weight excluding hydrogens is 352 g/mol. The maximum absolute atomic E-state index is 12.6. The third-order valence-electron chi connectivity index (χ3n) is 3.99. The summed E-state index contributed by atoms with van der Waals surface area (Å²) in [6, 6.07) is 15.8. The molecule has 0 aromatic heterocycles. The van der Waals surface area contributed by atoms with E-state index in [4.69, 9.17) is 11.6 Å². The molecule has 0 spiro atoms. The largest absolute Gasteiger partial charge is 0.396 e. The second-order valence-electron chi connectivity index (χ2n) is 6.05. The lowest BCUT2D eigenvalue weighted by Crippen LogP contribution is -2.34. The van der Waals surface area contributed by atoms with Crippen molar-refractivity contribution in [3.63, 3.8) is 0 Å². The smallest absolute Gasteiger partial charge is 0.222 e. The molecule has 0 fully saturated rings. The second-order valence-corrected chi connectivity index (χ2v) is 6.49. The molecule has 2 aromatic rings. The highest BCUT2D eigenvalue weighted by Crippen LogP contribution is 2.21. The Bertz CT molecular complexity index is 720. The number of benzene rings is 2. The van der Waals surface area contributed by atoms with Crippen LogP contribution in [0.1, 0.15) is 43.0 Å². The van der Waals surface area contributed by atoms with Crippen LogP contribution in [0.4, 0.5) is 0 Å². The number of carbonyl (C=O) groups excluding carboxylic acids is 2. The Morgan fingerprint density at radius 1 is 0.962 bits per heavy atom. The summed E-state index contributed by atoms with van der Waals surface area (Å²) in [6.07, 6.45) is 0.511. The van der Waals surface area contributed by atoms with E-state index in [2.05, 4.69) is 10.6 Å². The van der Waals surface area contributed by atoms with Crippen molar-refractivity contribution in [2.45, 2.75) is 31.8 Å². The van der Waals surface area contributed by atoms with Gasteiger partial charge in [0.2, 0.25) is 11.8 Å². The summed E-state index contributed by atoms with van der Waals surface area (Å²) >= 11 is 5.91. The van der Waals surface area contributed by atoms with Crippen LogP contribution in [0.2, 0.25) is 5.02 Å². The van der Waals surface area contributed by atoms with Crippen molar-refractivity contribution in [2.24, 2.45) is 0 Å². The van der Waals surface area contributed by atoms with Crippen LogP contribution in [0, 0.1) is 0 Å². The van der Waals surface area contributed by atoms with E-state index >= 15 is 0 Å². The van der Waals surface area contributed by atoms with E-state index in [9.17, 15) is 14.7 Å². The van der Waals surface area contributed by atoms with Crippen molar-refractivity contribution in [1.82, 2.24) is 10.6 Å². The number of amides is 2. The molecular formula is C20H23ClN2O3. The van der Waals surface area contributed by atoms with Gasteiger partial charge in [-0.1, -0.05) is 54.1 Å². The first-order chi connectivity index (χ1) is 12.5. The second kappa shape index (κ2) is 9.94. The Balaban J connectivity index is 2.09. The van der Waals surface area contributed by atoms with E-state index in [0.717, 1.165) is 11.1 Å². The predicted molar refractivity (Wildman–Crippen MR) is 102 cm³/mol. The van der Waals surface area contributed by atoms with Crippen LogP contribution in [-0.4, -0.2) is 23.5 Å². The van der Waals surface area contributed by atoms with Gasteiger partial charge in [0, 0.05) is 18.6 Å². The molecule has 0 saturated carbocycles. The summed E-state index contributed by atoms with van der Waals surface area (Å²) < 4.78 is 0. The molecule has 5 nitrogen and oxygen atoms in total. The maximum Gasteiger partial charge on any atom is 0.222 e. The molecule has 0 saturated heterocycles. The molecule has 3 N–H and O–H groups in total. The zero-order chi connectivity index (χ0) is 18.9. The van der Waals surface area contributed by atoms with Gasteiger partial charge >= 0.3 is 0 Å². The molecule has 0 heterocycles. The maximum atomic E-state index is 12.6. The van der Waals surface area contributed by atoms with E-state index in [-0.39, 0.29) is 30.9 Å². The number of nitrogens with one attached hydrogen (secondary N) is 2. The van der Waals surface area contributed by atoms with Crippen LogP contribution in [0.15, 0.2) is 54.6 Å². The number of rotatable bonds is 8. The summed E-state index contributed by atoms with van der Waals surface area (Å²) in [6.45, 7) is 1.38. The number of aliphatic hydroxyl groups excluding tert-OH is 1. The molecule has 0 unspecified atom stereocenters. The summed E-state index contributed by atoms with van der Waals surface area (Å²) in [5.74, 6) is -0.422. The molecule has 0 radical (unpaired) electrons. The van der Waals surface area contributed by atoms with Gasteiger partial charge in [-0.15, -0.1) is 0 Å². The highest BCUT2D eigenvalue weighted by atomic mass is 35.5. The van der Waals surface area contributed by atoms with Crippen molar-refractivity contribution in [3.05, 3.63) is 70.7 Å². The molecule has 0 bridgehead atoms. The fourth-order valence-electron chi connectivity index (χ4n) is 2.77. The van der Waals surface area contributed by atoms with Gasteiger partial charge in [-0.3, -0.25) is 9.59 Å². The van der Waals surface area contributed by atoms with Crippen LogP contribution < -0.4 is 10.6 Å². The quantitative estimate of drug-likeness (QED) is 0.664. The van der Waals surface area contributed by atoms with Gasteiger partial charge in [-0.25, -0.2) is 0 Å². The molecule has 0 aliphatic carbocycles. The van der Waals surface area contributed by atoms with Crippen molar-refractivity contribution in [1.29, 1.82) is 0 Å². The van der Waals surface area contributed by atoms with E-state index in [1.54, 1.807) is 24.3 Å². The number of carbonyl (C=O) groups is 2. The average Bonchev–Trinajstić information content (AvgIpc) is 2.62. The predicted octanol–water partition coefficient (Wildman–Crippen LogP) is 3.15. The third kappa shape index (κ3) is 6.17. The summed E-state index contributed by atoms with van der Waals surface area (Å²) in [5, 5.41) is 15.6. The summed E-state index contributed by atoms with van der Waals surface area (Å²) in [7, 11) is 0. The first-order valence-electron chi connectivity index (χ1n) is 8.47. The first-order valence-corrected chi connectivity index (χ1v) is 8.85. The van der Waals surface area contributed by atoms with Crippen LogP contribution >= 0.6 is 11.6 Å². The molecule has 2 aromatic carbocycles. The van der Waals surface area contributed by atoms with Crippen LogP contribution in [-0.2, 0) is 9.59 Å². The van der Waals surface area contributed by atoms with Crippen molar-refractivity contribution < 1.29 is 14.7 Å².